The number of halogens is 1. The Labute approximate surface area is 168 Å². The lowest BCUT2D eigenvalue weighted by Crippen LogP contribution is -2.30. The summed E-state index contributed by atoms with van der Waals surface area (Å²) in [6.07, 6.45) is 1.33. The Morgan fingerprint density at radius 1 is 1.18 bits per heavy atom. The van der Waals surface area contributed by atoms with Gasteiger partial charge in [0.15, 0.2) is 5.82 Å². The number of nitrogens with zero attached hydrogens (tertiary/aromatic N) is 3. The van der Waals surface area contributed by atoms with Gasteiger partial charge in [0.25, 0.3) is 15.9 Å². The van der Waals surface area contributed by atoms with Crippen molar-refractivity contribution in [3.05, 3.63) is 70.9 Å². The quantitative estimate of drug-likeness (QED) is 0.687. The molecule has 3 aromatic rings. The minimum Gasteiger partial charge on any atom is -0.322 e. The monoisotopic (exact) mass is 418 g/mol. The van der Waals surface area contributed by atoms with Crippen LogP contribution in [-0.4, -0.2) is 31.2 Å². The predicted octanol–water partition coefficient (Wildman–Crippen LogP) is 3.46. The highest BCUT2D eigenvalue weighted by molar-refractivity contribution is 7.92. The zero-order valence-electron chi connectivity index (χ0n) is 15.5. The molecule has 7 nitrogen and oxygen atoms in total. The van der Waals surface area contributed by atoms with Crippen molar-refractivity contribution in [1.29, 1.82) is 0 Å². The average molecular weight is 419 g/mol. The van der Waals surface area contributed by atoms with E-state index in [0.717, 1.165) is 9.87 Å². The molecule has 3 rings (SSSR count). The van der Waals surface area contributed by atoms with Crippen LogP contribution in [0.2, 0.25) is 5.02 Å². The van der Waals surface area contributed by atoms with Crippen LogP contribution >= 0.6 is 11.6 Å². The second-order valence-electron chi connectivity index (χ2n) is 6.26. The number of hydrogen-bond acceptors (Lipinski definition) is 4. The second kappa shape index (κ2) is 7.65. The number of nitrogens with one attached hydrogen (secondary N) is 1. The molecular weight excluding hydrogens is 400 g/mol. The van der Waals surface area contributed by atoms with Gasteiger partial charge < -0.3 is 5.32 Å². The number of rotatable bonds is 5. The molecule has 146 valence electrons. The zero-order chi connectivity index (χ0) is 20.5. The van der Waals surface area contributed by atoms with E-state index in [1.165, 1.54) is 30.1 Å². The number of amides is 1. The minimum absolute atomic E-state index is 0.126. The summed E-state index contributed by atoms with van der Waals surface area (Å²) in [5.74, 6) is -0.337. The molecule has 1 aromatic heterocycles. The maximum absolute atomic E-state index is 13.0. The highest BCUT2D eigenvalue weighted by Crippen LogP contribution is 2.26. The summed E-state index contributed by atoms with van der Waals surface area (Å²) in [6.45, 7) is 1.87. The van der Waals surface area contributed by atoms with Crippen LogP contribution < -0.4 is 9.62 Å². The Hall–Kier alpha value is -2.84. The predicted molar refractivity (Wildman–Crippen MR) is 109 cm³/mol. The van der Waals surface area contributed by atoms with Crippen LogP contribution in [0.15, 0.2) is 59.6 Å². The lowest BCUT2D eigenvalue weighted by molar-refractivity contribution is 0.102. The SMILES string of the molecule is Cc1ccc(S(=O)(=O)N(C)c2c(C(=O)Nc3cccc(Cl)c3)cnn2C)cc1. The van der Waals surface area contributed by atoms with Gasteiger partial charge in [0.05, 0.1) is 11.1 Å². The van der Waals surface area contributed by atoms with Gasteiger partial charge in [-0.1, -0.05) is 35.4 Å². The molecule has 1 amide bonds. The first-order valence-electron chi connectivity index (χ1n) is 8.34. The van der Waals surface area contributed by atoms with Gasteiger partial charge in [-0.15, -0.1) is 0 Å². The minimum atomic E-state index is -3.87. The third-order valence-electron chi connectivity index (χ3n) is 4.21. The van der Waals surface area contributed by atoms with Crippen molar-refractivity contribution < 1.29 is 13.2 Å². The zero-order valence-corrected chi connectivity index (χ0v) is 17.1. The van der Waals surface area contributed by atoms with Crippen LogP contribution in [0.5, 0.6) is 0 Å². The number of benzene rings is 2. The van der Waals surface area contributed by atoms with E-state index in [2.05, 4.69) is 10.4 Å². The smallest absolute Gasteiger partial charge is 0.265 e. The molecule has 0 aliphatic rings. The first-order valence-corrected chi connectivity index (χ1v) is 10.2. The Morgan fingerprint density at radius 3 is 2.50 bits per heavy atom. The van der Waals surface area contributed by atoms with E-state index in [1.54, 1.807) is 43.4 Å². The van der Waals surface area contributed by atoms with Gasteiger partial charge in [0.1, 0.15) is 5.56 Å². The third kappa shape index (κ3) is 3.88. The van der Waals surface area contributed by atoms with Crippen LogP contribution in [-0.2, 0) is 17.1 Å². The van der Waals surface area contributed by atoms with Gasteiger partial charge in [0, 0.05) is 24.8 Å². The molecule has 0 saturated carbocycles. The topological polar surface area (TPSA) is 84.3 Å². The number of sulfonamides is 1. The molecule has 0 spiro atoms. The van der Waals surface area contributed by atoms with Gasteiger partial charge in [0.2, 0.25) is 0 Å². The summed E-state index contributed by atoms with van der Waals surface area (Å²) in [7, 11) is -0.898. The Kier molecular flexibility index (Phi) is 5.44. The maximum Gasteiger partial charge on any atom is 0.265 e. The molecule has 0 unspecified atom stereocenters. The van der Waals surface area contributed by atoms with E-state index in [4.69, 9.17) is 11.6 Å². The molecule has 1 N–H and O–H groups in total. The third-order valence-corrected chi connectivity index (χ3v) is 6.21. The molecule has 28 heavy (non-hydrogen) atoms. The fraction of sp³-hybridized carbons (Fsp3) is 0.158. The molecule has 0 aliphatic carbocycles. The van der Waals surface area contributed by atoms with Gasteiger partial charge in [-0.25, -0.2) is 8.42 Å². The van der Waals surface area contributed by atoms with Gasteiger partial charge in [-0.3, -0.25) is 13.8 Å². The van der Waals surface area contributed by atoms with Gasteiger partial charge in [-0.2, -0.15) is 5.10 Å². The number of aryl methyl sites for hydroxylation is 2. The van der Waals surface area contributed by atoms with Crippen LogP contribution in [0, 0.1) is 6.92 Å². The summed E-state index contributed by atoms with van der Waals surface area (Å²) in [6, 6.07) is 13.2. The first kappa shape index (κ1) is 19.9. The molecule has 0 bridgehead atoms. The summed E-state index contributed by atoms with van der Waals surface area (Å²) in [5.41, 5.74) is 1.57. The summed E-state index contributed by atoms with van der Waals surface area (Å²) in [5, 5.41) is 7.25. The van der Waals surface area contributed by atoms with Crippen LogP contribution in [0.4, 0.5) is 11.5 Å². The lowest BCUT2D eigenvalue weighted by atomic mass is 10.2. The number of aromatic nitrogens is 2. The van der Waals surface area contributed by atoms with Crippen molar-refractivity contribution in [3.63, 3.8) is 0 Å². The molecule has 1 heterocycles. The second-order valence-corrected chi connectivity index (χ2v) is 8.66. The normalized spacial score (nSPS) is 11.3. The number of hydrogen-bond donors (Lipinski definition) is 1. The molecule has 0 saturated heterocycles. The average Bonchev–Trinajstić information content (AvgIpc) is 3.03. The van der Waals surface area contributed by atoms with Crippen LogP contribution in [0.25, 0.3) is 0 Å². The van der Waals surface area contributed by atoms with Crippen LogP contribution in [0.1, 0.15) is 15.9 Å². The van der Waals surface area contributed by atoms with Crippen molar-refractivity contribution in [3.8, 4) is 0 Å². The van der Waals surface area contributed by atoms with Gasteiger partial charge >= 0.3 is 0 Å². The van der Waals surface area contributed by atoms with E-state index in [-0.39, 0.29) is 16.3 Å². The molecule has 2 aromatic carbocycles. The van der Waals surface area contributed by atoms with Crippen molar-refractivity contribution in [2.24, 2.45) is 7.05 Å². The Morgan fingerprint density at radius 2 is 1.86 bits per heavy atom. The fourth-order valence-electron chi connectivity index (χ4n) is 2.71. The van der Waals surface area contributed by atoms with Crippen LogP contribution in [0.3, 0.4) is 0 Å². The van der Waals surface area contributed by atoms with E-state index in [1.807, 2.05) is 6.92 Å². The maximum atomic E-state index is 13.0. The summed E-state index contributed by atoms with van der Waals surface area (Å²) >= 11 is 5.94. The Balaban J connectivity index is 1.95. The molecule has 9 heteroatoms. The molecule has 0 radical (unpaired) electrons. The van der Waals surface area contributed by atoms with Crippen molar-refractivity contribution >= 4 is 39.0 Å². The van der Waals surface area contributed by atoms with E-state index >= 15 is 0 Å². The molecule has 0 aliphatic heterocycles. The van der Waals surface area contributed by atoms with E-state index in [0.29, 0.717) is 10.7 Å². The molecule has 0 fully saturated rings. The largest absolute Gasteiger partial charge is 0.322 e. The molecular formula is C19H19ClN4O3S. The van der Waals surface area contributed by atoms with Crippen molar-refractivity contribution in [2.75, 3.05) is 16.7 Å². The van der Waals surface area contributed by atoms with Crippen molar-refractivity contribution in [1.82, 2.24) is 9.78 Å². The Bertz CT molecular complexity index is 1120. The summed E-state index contributed by atoms with van der Waals surface area (Å²) < 4.78 is 28.4. The highest BCUT2D eigenvalue weighted by atomic mass is 35.5. The van der Waals surface area contributed by atoms with Gasteiger partial charge in [-0.05, 0) is 37.3 Å². The first-order chi connectivity index (χ1) is 13.2. The summed E-state index contributed by atoms with van der Waals surface area (Å²) in [4.78, 5) is 12.9. The number of carbonyl (C=O) groups excluding carboxylic acids is 1. The van der Waals surface area contributed by atoms with Crippen molar-refractivity contribution in [2.45, 2.75) is 11.8 Å². The standard InChI is InChI=1S/C19H19ClN4O3S/c1-13-7-9-16(10-8-13)28(26,27)24(3)19-17(12-21-23(19)2)18(25)22-15-6-4-5-14(20)11-15/h4-12H,1-3H3,(H,22,25). The highest BCUT2D eigenvalue weighted by Gasteiger charge is 2.28. The number of anilines is 2. The number of carbonyl (C=O) groups is 1. The lowest BCUT2D eigenvalue weighted by Gasteiger charge is -2.21. The van der Waals surface area contributed by atoms with E-state index in [9.17, 15) is 13.2 Å². The van der Waals surface area contributed by atoms with E-state index < -0.39 is 15.9 Å². The fourth-order valence-corrected chi connectivity index (χ4v) is 4.14. The molecule has 0 atom stereocenters.